The molecule has 3 heterocycles. The summed E-state index contributed by atoms with van der Waals surface area (Å²) < 4.78 is 6.22. The Kier molecular flexibility index (Phi) is 7.28. The molecule has 37 heavy (non-hydrogen) atoms. The van der Waals surface area contributed by atoms with Crippen molar-refractivity contribution in [1.82, 2.24) is 19.8 Å². The molecule has 1 saturated heterocycles. The molecule has 1 atom stereocenters. The predicted molar refractivity (Wildman–Crippen MR) is 148 cm³/mol. The van der Waals surface area contributed by atoms with E-state index >= 15 is 0 Å². The summed E-state index contributed by atoms with van der Waals surface area (Å²) in [6, 6.07) is 15.4. The fourth-order valence-corrected chi connectivity index (χ4v) is 5.39. The molecule has 0 N–H and O–H groups in total. The lowest BCUT2D eigenvalue weighted by Crippen LogP contribution is -2.49. The third-order valence-electron chi connectivity index (χ3n) is 7.12. The number of carbonyl (C=O) groups is 1. The van der Waals surface area contributed by atoms with Crippen LogP contribution >= 0.6 is 0 Å². The lowest BCUT2D eigenvalue weighted by Gasteiger charge is -2.38. The second-order valence-electron chi connectivity index (χ2n) is 10.1. The summed E-state index contributed by atoms with van der Waals surface area (Å²) in [4.78, 5) is 30.6. The Morgan fingerprint density at radius 1 is 1.05 bits per heavy atom. The van der Waals surface area contributed by atoms with E-state index < -0.39 is 0 Å². The van der Waals surface area contributed by atoms with E-state index in [0.717, 1.165) is 44.1 Å². The number of hydrogen-bond acceptors (Lipinski definition) is 7. The molecule has 1 fully saturated rings. The smallest absolute Gasteiger partial charge is 0.318 e. The summed E-state index contributed by atoms with van der Waals surface area (Å²) in [7, 11) is 4.07. The topological polar surface area (TPSA) is 65.0 Å². The van der Waals surface area contributed by atoms with Gasteiger partial charge in [-0.3, -0.25) is 4.79 Å². The molecule has 2 aromatic carbocycles. The second-order valence-corrected chi connectivity index (χ2v) is 10.1. The van der Waals surface area contributed by atoms with E-state index in [1.54, 1.807) is 0 Å². The van der Waals surface area contributed by atoms with Crippen molar-refractivity contribution in [2.24, 2.45) is 0 Å². The summed E-state index contributed by atoms with van der Waals surface area (Å²) in [5.41, 5.74) is 3.43. The molecule has 8 nitrogen and oxygen atoms in total. The van der Waals surface area contributed by atoms with Crippen LogP contribution in [0.3, 0.4) is 0 Å². The molecular weight excluding hydrogens is 464 g/mol. The molecule has 3 aromatic rings. The molecule has 8 heteroatoms. The molecule has 1 aromatic heterocycles. The van der Waals surface area contributed by atoms with Crippen LogP contribution in [0, 0.1) is 0 Å². The Bertz CT molecular complexity index is 1280. The SMILES string of the molecule is C=CC(=O)N1CCN(c2nc(O[C@H](C)CN(C)C)nc3c2CCN(c2cccc4ccccc24)C3)CC1. The van der Waals surface area contributed by atoms with Crippen LogP contribution in [-0.4, -0.2) is 85.1 Å². The van der Waals surface area contributed by atoms with Gasteiger partial charge in [-0.1, -0.05) is 43.0 Å². The van der Waals surface area contributed by atoms with Gasteiger partial charge in [0.25, 0.3) is 0 Å². The number of carbonyl (C=O) groups excluding carboxylic acids is 1. The van der Waals surface area contributed by atoms with E-state index in [9.17, 15) is 4.79 Å². The Morgan fingerprint density at radius 3 is 2.57 bits per heavy atom. The standard InChI is InChI=1S/C29H36N6O2/c1-5-27(36)33-15-17-34(18-16-33)28-24-13-14-35(26-12-8-10-22-9-6-7-11-23(22)26)20-25(24)30-29(31-28)37-21(2)19-32(3)4/h5-12,21H,1,13-20H2,2-4H3/t21-/m1/s1. The number of anilines is 2. The molecule has 194 valence electrons. The molecule has 0 saturated carbocycles. The van der Waals surface area contributed by atoms with E-state index in [1.807, 2.05) is 25.9 Å². The van der Waals surface area contributed by atoms with Gasteiger partial charge < -0.3 is 24.3 Å². The van der Waals surface area contributed by atoms with Gasteiger partial charge in [0, 0.05) is 55.9 Å². The number of likely N-dealkylation sites (N-methyl/N-ethyl adjacent to an activating group) is 1. The normalized spacial score (nSPS) is 16.6. The van der Waals surface area contributed by atoms with Crippen LogP contribution in [0.1, 0.15) is 18.2 Å². The highest BCUT2D eigenvalue weighted by molar-refractivity contribution is 5.94. The Balaban J connectivity index is 1.46. The summed E-state index contributed by atoms with van der Waals surface area (Å²) in [6.45, 7) is 10.8. The van der Waals surface area contributed by atoms with Gasteiger partial charge in [-0.25, -0.2) is 0 Å². The number of rotatable bonds is 7. The van der Waals surface area contributed by atoms with Crippen molar-refractivity contribution in [2.45, 2.75) is 26.0 Å². The maximum Gasteiger partial charge on any atom is 0.318 e. The summed E-state index contributed by atoms with van der Waals surface area (Å²) in [5, 5.41) is 2.49. The number of piperazine rings is 1. The number of ether oxygens (including phenoxy) is 1. The first-order valence-corrected chi connectivity index (χ1v) is 13.0. The zero-order valence-corrected chi connectivity index (χ0v) is 22.1. The van der Waals surface area contributed by atoms with E-state index in [0.29, 0.717) is 25.6 Å². The maximum atomic E-state index is 12.1. The van der Waals surface area contributed by atoms with Crippen molar-refractivity contribution >= 4 is 28.2 Å². The van der Waals surface area contributed by atoms with Crippen molar-refractivity contribution in [2.75, 3.05) is 63.2 Å². The molecule has 0 bridgehead atoms. The average molecular weight is 501 g/mol. The van der Waals surface area contributed by atoms with E-state index in [-0.39, 0.29) is 12.0 Å². The first kappa shape index (κ1) is 25.0. The molecule has 0 aliphatic carbocycles. The number of nitrogens with zero attached hydrogens (tertiary/aromatic N) is 6. The molecule has 1 amide bonds. The largest absolute Gasteiger partial charge is 0.459 e. The zero-order valence-electron chi connectivity index (χ0n) is 22.1. The molecule has 2 aliphatic heterocycles. The van der Waals surface area contributed by atoms with Gasteiger partial charge in [0.05, 0.1) is 12.2 Å². The van der Waals surface area contributed by atoms with Crippen LogP contribution in [0.2, 0.25) is 0 Å². The lowest BCUT2D eigenvalue weighted by molar-refractivity contribution is -0.126. The van der Waals surface area contributed by atoms with Crippen molar-refractivity contribution in [3.05, 3.63) is 66.4 Å². The van der Waals surface area contributed by atoms with Crippen molar-refractivity contribution in [3.63, 3.8) is 0 Å². The molecule has 0 spiro atoms. The van der Waals surface area contributed by atoms with Crippen molar-refractivity contribution in [3.8, 4) is 6.01 Å². The van der Waals surface area contributed by atoms with Gasteiger partial charge in [-0.2, -0.15) is 9.97 Å². The Morgan fingerprint density at radius 2 is 1.81 bits per heavy atom. The quantitative estimate of drug-likeness (QED) is 0.461. The van der Waals surface area contributed by atoms with Gasteiger partial charge in [-0.05, 0) is 45.0 Å². The van der Waals surface area contributed by atoms with Crippen LogP contribution in [0.25, 0.3) is 10.8 Å². The minimum Gasteiger partial charge on any atom is -0.459 e. The minimum atomic E-state index is -0.0410. The van der Waals surface area contributed by atoms with Crippen molar-refractivity contribution in [1.29, 1.82) is 0 Å². The zero-order chi connectivity index (χ0) is 25.9. The first-order chi connectivity index (χ1) is 17.9. The molecule has 5 rings (SSSR count). The molecule has 0 radical (unpaired) electrons. The van der Waals surface area contributed by atoms with E-state index in [2.05, 4.69) is 63.7 Å². The van der Waals surface area contributed by atoms with Crippen LogP contribution < -0.4 is 14.5 Å². The van der Waals surface area contributed by atoms with Crippen LogP contribution in [-0.2, 0) is 17.8 Å². The highest BCUT2D eigenvalue weighted by atomic mass is 16.5. The van der Waals surface area contributed by atoms with Gasteiger partial charge in [0.15, 0.2) is 0 Å². The van der Waals surface area contributed by atoms with E-state index in [4.69, 9.17) is 14.7 Å². The monoisotopic (exact) mass is 500 g/mol. The van der Waals surface area contributed by atoms with Gasteiger partial charge in [-0.15, -0.1) is 0 Å². The average Bonchev–Trinajstić information content (AvgIpc) is 2.91. The summed E-state index contributed by atoms with van der Waals surface area (Å²) in [5.74, 6) is 0.928. The molecule has 2 aliphatic rings. The molecular formula is C29H36N6O2. The van der Waals surface area contributed by atoms with E-state index in [1.165, 1.54) is 28.1 Å². The highest BCUT2D eigenvalue weighted by Gasteiger charge is 2.29. The number of fused-ring (bicyclic) bond motifs is 2. The Hall–Kier alpha value is -3.65. The third-order valence-corrected chi connectivity index (χ3v) is 7.12. The maximum absolute atomic E-state index is 12.1. The van der Waals surface area contributed by atoms with Crippen molar-refractivity contribution < 1.29 is 9.53 Å². The fraction of sp³-hybridized carbons (Fsp3) is 0.414. The summed E-state index contributed by atoms with van der Waals surface area (Å²) >= 11 is 0. The third kappa shape index (κ3) is 5.39. The lowest BCUT2D eigenvalue weighted by atomic mass is 10.0. The minimum absolute atomic E-state index is 0.0170. The van der Waals surface area contributed by atoms with Crippen LogP contribution in [0.15, 0.2) is 55.1 Å². The predicted octanol–water partition coefficient (Wildman–Crippen LogP) is 3.36. The van der Waals surface area contributed by atoms with Gasteiger partial charge in [0.2, 0.25) is 5.91 Å². The number of amides is 1. The Labute approximate surface area is 219 Å². The van der Waals surface area contributed by atoms with Gasteiger partial charge in [0.1, 0.15) is 11.9 Å². The first-order valence-electron chi connectivity index (χ1n) is 13.0. The highest BCUT2D eigenvalue weighted by Crippen LogP contribution is 2.34. The number of hydrogen-bond donors (Lipinski definition) is 0. The second kappa shape index (κ2) is 10.8. The number of aromatic nitrogens is 2. The fourth-order valence-electron chi connectivity index (χ4n) is 5.39. The number of benzene rings is 2. The van der Waals surface area contributed by atoms with Gasteiger partial charge >= 0.3 is 6.01 Å². The van der Waals surface area contributed by atoms with Crippen LogP contribution in [0.5, 0.6) is 6.01 Å². The summed E-state index contributed by atoms with van der Waals surface area (Å²) in [6.07, 6.45) is 2.20. The van der Waals surface area contributed by atoms with Crippen LogP contribution in [0.4, 0.5) is 11.5 Å². The molecule has 0 unspecified atom stereocenters.